The fraction of sp³-hybridized carbons (Fsp3) is 0.273. The van der Waals surface area contributed by atoms with Gasteiger partial charge < -0.3 is 14.9 Å². The number of imidazole rings is 1. The first-order valence-electron chi connectivity index (χ1n) is 9.62. The Morgan fingerprint density at radius 3 is 2.79 bits per heavy atom. The van der Waals surface area contributed by atoms with Crippen molar-refractivity contribution in [2.24, 2.45) is 0 Å². The lowest BCUT2D eigenvalue weighted by Gasteiger charge is -2.21. The number of thioether (sulfide) groups is 1. The van der Waals surface area contributed by atoms with Gasteiger partial charge in [0, 0.05) is 12.4 Å². The van der Waals surface area contributed by atoms with Gasteiger partial charge in [0.15, 0.2) is 0 Å². The van der Waals surface area contributed by atoms with Crippen molar-refractivity contribution in [1.29, 1.82) is 0 Å². The molecule has 1 amide bonds. The quantitative estimate of drug-likeness (QED) is 0.397. The SMILES string of the molecule is CSCC[C@@H](NC(=O)C[C@@H](c1ccsc1)n1cccc1)c1nc2ccccc2[nH]1. The molecule has 0 fully saturated rings. The monoisotopic (exact) mass is 424 g/mol. The largest absolute Gasteiger partial charge is 0.346 e. The van der Waals surface area contributed by atoms with Crippen molar-refractivity contribution < 1.29 is 4.79 Å². The molecule has 0 aliphatic heterocycles. The molecule has 0 aliphatic rings. The minimum atomic E-state index is -0.130. The molecule has 3 aromatic heterocycles. The summed E-state index contributed by atoms with van der Waals surface area (Å²) in [6.07, 6.45) is 7.33. The summed E-state index contributed by atoms with van der Waals surface area (Å²) < 4.78 is 2.10. The average molecular weight is 425 g/mol. The number of aromatic nitrogens is 3. The normalized spacial score (nSPS) is 13.4. The van der Waals surface area contributed by atoms with Crippen LogP contribution in [-0.4, -0.2) is 32.5 Å². The zero-order valence-electron chi connectivity index (χ0n) is 16.2. The molecule has 0 spiro atoms. The maximum atomic E-state index is 13.0. The predicted octanol–water partition coefficient (Wildman–Crippen LogP) is 5.02. The number of carbonyl (C=O) groups is 1. The van der Waals surface area contributed by atoms with E-state index in [4.69, 9.17) is 4.98 Å². The molecular formula is C22H24N4OS2. The average Bonchev–Trinajstić information content (AvgIpc) is 3.49. The van der Waals surface area contributed by atoms with Gasteiger partial charge in [-0.25, -0.2) is 4.98 Å². The molecule has 0 unspecified atom stereocenters. The van der Waals surface area contributed by atoms with E-state index in [1.165, 1.54) is 0 Å². The Hall–Kier alpha value is -2.51. The second kappa shape index (κ2) is 9.33. The van der Waals surface area contributed by atoms with E-state index in [0.717, 1.165) is 34.6 Å². The number of carbonyl (C=O) groups excluding carboxylic acids is 1. The summed E-state index contributed by atoms with van der Waals surface area (Å²) in [6, 6.07) is 13.9. The van der Waals surface area contributed by atoms with Gasteiger partial charge in [0.05, 0.1) is 29.5 Å². The molecule has 0 saturated heterocycles. The molecule has 3 heterocycles. The Balaban J connectivity index is 1.52. The molecule has 4 aromatic rings. The van der Waals surface area contributed by atoms with Crippen molar-refractivity contribution >= 4 is 40.0 Å². The van der Waals surface area contributed by atoms with Crippen LogP contribution in [0.4, 0.5) is 0 Å². The molecule has 5 nitrogen and oxygen atoms in total. The third-order valence-corrected chi connectivity index (χ3v) is 6.32. The van der Waals surface area contributed by atoms with Crippen LogP contribution in [0.2, 0.25) is 0 Å². The molecule has 7 heteroatoms. The van der Waals surface area contributed by atoms with Gasteiger partial charge >= 0.3 is 0 Å². The maximum Gasteiger partial charge on any atom is 0.223 e. The number of hydrogen-bond acceptors (Lipinski definition) is 4. The summed E-state index contributed by atoms with van der Waals surface area (Å²) in [6.45, 7) is 0. The van der Waals surface area contributed by atoms with Crippen LogP contribution in [-0.2, 0) is 4.79 Å². The maximum absolute atomic E-state index is 13.0. The standard InChI is InChI=1S/C22H24N4OS2/c1-28-12-9-19(22-24-17-6-2-3-7-18(17)25-22)23-21(27)14-20(16-8-13-29-15-16)26-10-4-5-11-26/h2-8,10-11,13,15,19-20H,9,12,14H2,1H3,(H,23,27)(H,24,25)/t19-,20+/m1/s1. The fourth-order valence-corrected chi connectivity index (χ4v) is 4.67. The van der Waals surface area contributed by atoms with E-state index < -0.39 is 0 Å². The molecule has 1 aromatic carbocycles. The third-order valence-electron chi connectivity index (χ3n) is 4.98. The molecule has 2 atom stereocenters. The fourth-order valence-electron chi connectivity index (χ4n) is 3.49. The first-order valence-corrected chi connectivity index (χ1v) is 12.0. The molecule has 2 N–H and O–H groups in total. The van der Waals surface area contributed by atoms with E-state index in [9.17, 15) is 4.79 Å². The van der Waals surface area contributed by atoms with Crippen LogP contribution in [0, 0.1) is 0 Å². The highest BCUT2D eigenvalue weighted by molar-refractivity contribution is 7.98. The van der Waals surface area contributed by atoms with Crippen LogP contribution in [0.1, 0.15) is 36.3 Å². The van der Waals surface area contributed by atoms with Crippen LogP contribution >= 0.6 is 23.1 Å². The smallest absolute Gasteiger partial charge is 0.223 e. The number of rotatable bonds is 9. The van der Waals surface area contributed by atoms with Crippen LogP contribution in [0.5, 0.6) is 0 Å². The topological polar surface area (TPSA) is 62.7 Å². The number of thiophene rings is 1. The molecule has 0 saturated carbocycles. The third kappa shape index (κ3) is 4.74. The number of hydrogen-bond donors (Lipinski definition) is 2. The van der Waals surface area contributed by atoms with Crippen molar-refractivity contribution in [3.8, 4) is 0 Å². The predicted molar refractivity (Wildman–Crippen MR) is 121 cm³/mol. The molecular weight excluding hydrogens is 400 g/mol. The highest BCUT2D eigenvalue weighted by Gasteiger charge is 2.22. The van der Waals surface area contributed by atoms with Gasteiger partial charge in [0.25, 0.3) is 0 Å². The zero-order chi connectivity index (χ0) is 20.1. The Labute approximate surface area is 178 Å². The number of fused-ring (bicyclic) bond motifs is 1. The summed E-state index contributed by atoms with van der Waals surface area (Å²) in [7, 11) is 0. The Kier molecular flexibility index (Phi) is 6.36. The Morgan fingerprint density at radius 1 is 1.24 bits per heavy atom. The lowest BCUT2D eigenvalue weighted by molar-refractivity contribution is -0.122. The van der Waals surface area contributed by atoms with E-state index in [1.807, 2.05) is 48.8 Å². The first-order chi connectivity index (χ1) is 14.2. The summed E-state index contributed by atoms with van der Waals surface area (Å²) in [5.74, 6) is 1.80. The molecule has 0 bridgehead atoms. The highest BCUT2D eigenvalue weighted by atomic mass is 32.2. The van der Waals surface area contributed by atoms with E-state index in [1.54, 1.807) is 23.1 Å². The van der Waals surface area contributed by atoms with Crippen molar-refractivity contribution in [2.45, 2.75) is 24.9 Å². The van der Waals surface area contributed by atoms with Gasteiger partial charge in [-0.15, -0.1) is 0 Å². The molecule has 0 radical (unpaired) electrons. The van der Waals surface area contributed by atoms with E-state index in [2.05, 4.69) is 38.0 Å². The van der Waals surface area contributed by atoms with Gasteiger partial charge in [-0.3, -0.25) is 4.79 Å². The van der Waals surface area contributed by atoms with Gasteiger partial charge in [-0.05, 0) is 65.1 Å². The van der Waals surface area contributed by atoms with Crippen molar-refractivity contribution in [3.63, 3.8) is 0 Å². The lowest BCUT2D eigenvalue weighted by Crippen LogP contribution is -2.31. The van der Waals surface area contributed by atoms with Crippen molar-refractivity contribution in [2.75, 3.05) is 12.0 Å². The van der Waals surface area contributed by atoms with Crippen molar-refractivity contribution in [1.82, 2.24) is 19.9 Å². The van der Waals surface area contributed by atoms with Gasteiger partial charge in [0.1, 0.15) is 5.82 Å². The Bertz CT molecular complexity index is 973. The second-order valence-electron chi connectivity index (χ2n) is 6.95. The van der Waals surface area contributed by atoms with Gasteiger partial charge in [-0.2, -0.15) is 23.1 Å². The number of nitrogens with zero attached hydrogens (tertiary/aromatic N) is 2. The molecule has 29 heavy (non-hydrogen) atoms. The summed E-state index contributed by atoms with van der Waals surface area (Å²) in [5.41, 5.74) is 3.08. The number of benzene rings is 1. The number of amides is 1. The van der Waals surface area contributed by atoms with E-state index in [0.29, 0.717) is 6.42 Å². The number of H-pyrrole nitrogens is 1. The van der Waals surface area contributed by atoms with Crippen LogP contribution in [0.25, 0.3) is 11.0 Å². The summed E-state index contributed by atoms with van der Waals surface area (Å²) in [5, 5.41) is 7.40. The van der Waals surface area contributed by atoms with Gasteiger partial charge in [-0.1, -0.05) is 12.1 Å². The number of nitrogens with one attached hydrogen (secondary N) is 2. The summed E-state index contributed by atoms with van der Waals surface area (Å²) in [4.78, 5) is 21.1. The lowest BCUT2D eigenvalue weighted by atomic mass is 10.1. The zero-order valence-corrected chi connectivity index (χ0v) is 17.9. The van der Waals surface area contributed by atoms with Crippen LogP contribution < -0.4 is 5.32 Å². The Morgan fingerprint density at radius 2 is 2.07 bits per heavy atom. The van der Waals surface area contributed by atoms with Gasteiger partial charge in [0.2, 0.25) is 5.91 Å². The number of para-hydroxylation sites is 2. The second-order valence-corrected chi connectivity index (χ2v) is 8.71. The summed E-state index contributed by atoms with van der Waals surface area (Å²) >= 11 is 3.43. The molecule has 150 valence electrons. The van der Waals surface area contributed by atoms with Crippen LogP contribution in [0.15, 0.2) is 65.6 Å². The molecule has 0 aliphatic carbocycles. The highest BCUT2D eigenvalue weighted by Crippen LogP contribution is 2.26. The van der Waals surface area contributed by atoms with E-state index >= 15 is 0 Å². The first kappa shape index (κ1) is 19.8. The van der Waals surface area contributed by atoms with E-state index in [-0.39, 0.29) is 18.0 Å². The number of aromatic amines is 1. The minimum absolute atomic E-state index is 0.00637. The van der Waals surface area contributed by atoms with Crippen molar-refractivity contribution in [3.05, 3.63) is 77.0 Å². The molecule has 4 rings (SSSR count). The minimum Gasteiger partial charge on any atom is -0.346 e. The van der Waals surface area contributed by atoms with Crippen LogP contribution in [0.3, 0.4) is 0 Å².